The van der Waals surface area contributed by atoms with Crippen LogP contribution in [0.3, 0.4) is 0 Å². The van der Waals surface area contributed by atoms with Gasteiger partial charge in [0, 0.05) is 19.8 Å². The zero-order valence-electron chi connectivity index (χ0n) is 18.9. The van der Waals surface area contributed by atoms with Gasteiger partial charge in [-0.2, -0.15) is 0 Å². The zero-order chi connectivity index (χ0) is 22.9. The molecule has 166 valence electrons. The van der Waals surface area contributed by atoms with E-state index in [1.54, 1.807) is 41.5 Å². The molecule has 0 radical (unpaired) electrons. The standard InChI is InChI=1S/C22H36O7/c1-9-17(24)12(4)21(29-22(27)13(5)18(25)10-2)15(7)20(26)14(6)19(11-3)28-16(8)23/h12-15,19,21H,9-11H2,1-8H3/t12-,13+,14+,15+,19-,21+/m0/s1. The second-order valence-corrected chi connectivity index (χ2v) is 7.59. The molecule has 0 rings (SSSR count). The number of rotatable bonds is 13. The lowest BCUT2D eigenvalue weighted by Crippen LogP contribution is -2.44. The lowest BCUT2D eigenvalue weighted by atomic mass is 9.81. The first-order chi connectivity index (χ1) is 13.4. The fraction of sp³-hybridized carbons (Fsp3) is 0.773. The SMILES string of the molecule is CCC(=O)[C@@H](C)C(=O)O[C@@H]([C@H](C)C(=O)[C@H](C)[C@H](CC)OC(C)=O)[C@@H](C)C(=O)CC. The predicted octanol–water partition coefficient (Wildman–Crippen LogP) is 3.31. The maximum Gasteiger partial charge on any atom is 0.316 e. The first-order valence-electron chi connectivity index (χ1n) is 10.4. The van der Waals surface area contributed by atoms with Crippen molar-refractivity contribution in [2.75, 3.05) is 0 Å². The third kappa shape index (κ3) is 7.71. The monoisotopic (exact) mass is 412 g/mol. The molecule has 0 N–H and O–H groups in total. The highest BCUT2D eigenvalue weighted by atomic mass is 16.5. The van der Waals surface area contributed by atoms with Gasteiger partial charge in [-0.25, -0.2) is 0 Å². The quantitative estimate of drug-likeness (QED) is 0.338. The average molecular weight is 413 g/mol. The van der Waals surface area contributed by atoms with Gasteiger partial charge in [-0.1, -0.05) is 41.5 Å². The summed E-state index contributed by atoms with van der Waals surface area (Å²) in [5, 5.41) is 0. The average Bonchev–Trinajstić information content (AvgIpc) is 2.71. The van der Waals surface area contributed by atoms with E-state index < -0.39 is 47.8 Å². The van der Waals surface area contributed by atoms with Crippen molar-refractivity contribution in [1.29, 1.82) is 0 Å². The summed E-state index contributed by atoms with van der Waals surface area (Å²) in [4.78, 5) is 61.0. The van der Waals surface area contributed by atoms with Gasteiger partial charge < -0.3 is 9.47 Å². The summed E-state index contributed by atoms with van der Waals surface area (Å²) < 4.78 is 10.8. The molecule has 7 heteroatoms. The van der Waals surface area contributed by atoms with Crippen LogP contribution in [0.25, 0.3) is 0 Å². The second-order valence-electron chi connectivity index (χ2n) is 7.59. The molecule has 29 heavy (non-hydrogen) atoms. The minimum absolute atomic E-state index is 0.142. The highest BCUT2D eigenvalue weighted by molar-refractivity contribution is 5.98. The van der Waals surface area contributed by atoms with E-state index in [-0.39, 0.29) is 30.2 Å². The van der Waals surface area contributed by atoms with Gasteiger partial charge in [-0.3, -0.25) is 24.0 Å². The first kappa shape index (κ1) is 27.0. The van der Waals surface area contributed by atoms with Crippen molar-refractivity contribution < 1.29 is 33.4 Å². The van der Waals surface area contributed by atoms with Crippen LogP contribution in [0.4, 0.5) is 0 Å². The van der Waals surface area contributed by atoms with Crippen molar-refractivity contribution >= 4 is 29.3 Å². The van der Waals surface area contributed by atoms with Gasteiger partial charge in [-0.05, 0) is 13.3 Å². The Labute approximate surface area is 173 Å². The van der Waals surface area contributed by atoms with Crippen LogP contribution in [0.15, 0.2) is 0 Å². The molecule has 7 nitrogen and oxygen atoms in total. The lowest BCUT2D eigenvalue weighted by molar-refractivity contribution is -0.164. The predicted molar refractivity (Wildman–Crippen MR) is 108 cm³/mol. The molecule has 0 amide bonds. The van der Waals surface area contributed by atoms with Crippen LogP contribution in [0, 0.1) is 23.7 Å². The Morgan fingerprint density at radius 2 is 1.24 bits per heavy atom. The zero-order valence-corrected chi connectivity index (χ0v) is 18.9. The summed E-state index contributed by atoms with van der Waals surface area (Å²) >= 11 is 0. The van der Waals surface area contributed by atoms with E-state index in [1.165, 1.54) is 13.8 Å². The van der Waals surface area contributed by atoms with E-state index in [2.05, 4.69) is 0 Å². The Balaban J connectivity index is 5.67. The smallest absolute Gasteiger partial charge is 0.316 e. The van der Waals surface area contributed by atoms with Crippen LogP contribution in [0.1, 0.15) is 74.7 Å². The second kappa shape index (κ2) is 12.5. The van der Waals surface area contributed by atoms with E-state index in [0.29, 0.717) is 6.42 Å². The molecule has 0 aromatic rings. The van der Waals surface area contributed by atoms with Crippen molar-refractivity contribution in [1.82, 2.24) is 0 Å². The molecule has 0 heterocycles. The molecule has 0 aliphatic rings. The molecule has 6 atom stereocenters. The fourth-order valence-electron chi connectivity index (χ4n) is 3.33. The van der Waals surface area contributed by atoms with Crippen molar-refractivity contribution in [3.8, 4) is 0 Å². The maximum atomic E-state index is 13.1. The lowest BCUT2D eigenvalue weighted by Gasteiger charge is -2.31. The van der Waals surface area contributed by atoms with Gasteiger partial charge in [0.05, 0.1) is 17.8 Å². The van der Waals surface area contributed by atoms with Gasteiger partial charge >= 0.3 is 11.9 Å². The third-order valence-electron chi connectivity index (χ3n) is 5.45. The third-order valence-corrected chi connectivity index (χ3v) is 5.45. The number of esters is 2. The number of ether oxygens (including phenoxy) is 2. The van der Waals surface area contributed by atoms with Gasteiger partial charge in [0.2, 0.25) is 0 Å². The molecule has 0 aromatic heterocycles. The van der Waals surface area contributed by atoms with Crippen LogP contribution in [-0.4, -0.2) is 41.5 Å². The van der Waals surface area contributed by atoms with E-state index in [9.17, 15) is 24.0 Å². The molecule has 0 saturated carbocycles. The highest BCUT2D eigenvalue weighted by Gasteiger charge is 2.39. The molecule has 0 fully saturated rings. The van der Waals surface area contributed by atoms with E-state index in [1.807, 2.05) is 0 Å². The van der Waals surface area contributed by atoms with Crippen LogP contribution >= 0.6 is 0 Å². The van der Waals surface area contributed by atoms with Crippen molar-refractivity contribution in [2.24, 2.45) is 23.7 Å². The minimum Gasteiger partial charge on any atom is -0.462 e. The Morgan fingerprint density at radius 3 is 1.66 bits per heavy atom. The number of Topliss-reactive ketones (excluding diaryl/α,β-unsaturated/α-hetero) is 3. The Hall–Kier alpha value is -2.05. The van der Waals surface area contributed by atoms with Gasteiger partial charge in [0.1, 0.15) is 35.5 Å². The number of hydrogen-bond donors (Lipinski definition) is 0. The summed E-state index contributed by atoms with van der Waals surface area (Å²) in [7, 11) is 0. The van der Waals surface area contributed by atoms with E-state index in [0.717, 1.165) is 0 Å². The van der Waals surface area contributed by atoms with E-state index in [4.69, 9.17) is 9.47 Å². The summed E-state index contributed by atoms with van der Waals surface area (Å²) in [5.41, 5.74) is 0. The normalized spacial score (nSPS) is 17.2. The summed E-state index contributed by atoms with van der Waals surface area (Å²) in [5.74, 6) is -4.98. The Bertz CT molecular complexity index is 610. The fourth-order valence-corrected chi connectivity index (χ4v) is 3.33. The molecule has 0 bridgehead atoms. The van der Waals surface area contributed by atoms with Crippen LogP contribution in [0.2, 0.25) is 0 Å². The van der Waals surface area contributed by atoms with Crippen molar-refractivity contribution in [3.05, 3.63) is 0 Å². The molecule has 0 spiro atoms. The summed E-state index contributed by atoms with van der Waals surface area (Å²) in [6, 6.07) is 0. The Morgan fingerprint density at radius 1 is 0.724 bits per heavy atom. The maximum absolute atomic E-state index is 13.1. The molecule has 0 aliphatic carbocycles. The van der Waals surface area contributed by atoms with Crippen LogP contribution < -0.4 is 0 Å². The van der Waals surface area contributed by atoms with Gasteiger partial charge in [-0.15, -0.1) is 0 Å². The van der Waals surface area contributed by atoms with Crippen LogP contribution in [0.5, 0.6) is 0 Å². The molecular formula is C22H36O7. The molecule has 0 aliphatic heterocycles. The van der Waals surface area contributed by atoms with Crippen molar-refractivity contribution in [2.45, 2.75) is 86.9 Å². The largest absolute Gasteiger partial charge is 0.462 e. The number of hydrogen-bond acceptors (Lipinski definition) is 7. The Kier molecular flexibility index (Phi) is 11.6. The number of ketones is 3. The highest BCUT2D eigenvalue weighted by Crippen LogP contribution is 2.26. The number of carbonyl (C=O) groups excluding carboxylic acids is 5. The molecule has 0 unspecified atom stereocenters. The van der Waals surface area contributed by atoms with Crippen LogP contribution in [-0.2, 0) is 33.4 Å². The summed E-state index contributed by atoms with van der Waals surface area (Å²) in [6.45, 7) is 12.8. The van der Waals surface area contributed by atoms with Crippen molar-refractivity contribution in [3.63, 3.8) is 0 Å². The minimum atomic E-state index is -0.994. The van der Waals surface area contributed by atoms with Gasteiger partial charge in [0.25, 0.3) is 0 Å². The number of carbonyl (C=O) groups is 5. The molecular weight excluding hydrogens is 376 g/mol. The summed E-state index contributed by atoms with van der Waals surface area (Å²) in [6.07, 6.45) is -0.713. The molecule has 0 saturated heterocycles. The van der Waals surface area contributed by atoms with E-state index >= 15 is 0 Å². The first-order valence-corrected chi connectivity index (χ1v) is 10.4. The topological polar surface area (TPSA) is 104 Å². The van der Waals surface area contributed by atoms with Gasteiger partial charge in [0.15, 0.2) is 0 Å². The molecule has 0 aromatic carbocycles.